The summed E-state index contributed by atoms with van der Waals surface area (Å²) in [5.41, 5.74) is 7.23. The van der Waals surface area contributed by atoms with Gasteiger partial charge in [-0.25, -0.2) is 9.67 Å². The molecule has 0 unspecified atom stereocenters. The Balaban J connectivity index is 1.67. The minimum Gasteiger partial charge on any atom is -0.273 e. The van der Waals surface area contributed by atoms with Gasteiger partial charge in [-0.1, -0.05) is 0 Å². The summed E-state index contributed by atoms with van der Waals surface area (Å²) >= 11 is 0. The number of rotatable bonds is 4. The number of carbonyl (C=O) groups is 2. The van der Waals surface area contributed by atoms with Crippen molar-refractivity contribution in [3.63, 3.8) is 0 Å². The van der Waals surface area contributed by atoms with Gasteiger partial charge in [0.05, 0.1) is 17.1 Å². The van der Waals surface area contributed by atoms with E-state index in [1.54, 1.807) is 6.20 Å². The Morgan fingerprint density at radius 1 is 1.21 bits per heavy atom. The van der Waals surface area contributed by atoms with Gasteiger partial charge in [0.1, 0.15) is 0 Å². The number of nitrogens with one attached hydrogen (secondary N) is 2. The molecule has 4 rings (SSSR count). The molecule has 7 nitrogen and oxygen atoms in total. The van der Waals surface area contributed by atoms with Crippen LogP contribution in [0.15, 0.2) is 12.3 Å². The molecular formula is C17H21N5O2. The Hall–Kier alpha value is -2.44. The Kier molecular flexibility index (Phi) is 3.51. The van der Waals surface area contributed by atoms with E-state index < -0.39 is 0 Å². The maximum Gasteiger partial charge on any atom is 0.270 e. The summed E-state index contributed by atoms with van der Waals surface area (Å²) < 4.78 is 1.83. The van der Waals surface area contributed by atoms with Crippen molar-refractivity contribution < 1.29 is 9.59 Å². The van der Waals surface area contributed by atoms with Crippen LogP contribution in [0.5, 0.6) is 0 Å². The minimum atomic E-state index is -0.318. The van der Waals surface area contributed by atoms with Crippen molar-refractivity contribution in [3.05, 3.63) is 23.5 Å². The average molecular weight is 327 g/mol. The lowest BCUT2D eigenvalue weighted by Crippen LogP contribution is -2.42. The minimum absolute atomic E-state index is 0.0495. The fraction of sp³-hybridized carbons (Fsp3) is 0.529. The fourth-order valence-electron chi connectivity index (χ4n) is 2.82. The number of hydrogen-bond acceptors (Lipinski definition) is 4. The number of amides is 2. The molecule has 24 heavy (non-hydrogen) atoms. The second-order valence-electron chi connectivity index (χ2n) is 7.01. The van der Waals surface area contributed by atoms with Crippen LogP contribution in [0.1, 0.15) is 67.5 Å². The summed E-state index contributed by atoms with van der Waals surface area (Å²) in [5, 5.41) is 5.09. The molecule has 2 aliphatic carbocycles. The summed E-state index contributed by atoms with van der Waals surface area (Å²) in [6.45, 7) is 4.07. The zero-order valence-corrected chi connectivity index (χ0v) is 13.9. The predicted molar refractivity (Wildman–Crippen MR) is 88.2 cm³/mol. The number of pyridine rings is 1. The van der Waals surface area contributed by atoms with Crippen LogP contribution in [0.25, 0.3) is 11.0 Å². The van der Waals surface area contributed by atoms with Gasteiger partial charge in [0, 0.05) is 23.6 Å². The van der Waals surface area contributed by atoms with E-state index in [2.05, 4.69) is 16.0 Å². The Labute approximate surface area is 139 Å². The molecular weight excluding hydrogens is 306 g/mol. The molecule has 0 atom stereocenters. The third-order valence-corrected chi connectivity index (χ3v) is 4.56. The van der Waals surface area contributed by atoms with Crippen molar-refractivity contribution in [1.29, 1.82) is 0 Å². The molecule has 0 aromatic carbocycles. The van der Waals surface area contributed by atoms with Crippen LogP contribution >= 0.6 is 0 Å². The number of carbonyl (C=O) groups excluding carboxylic acids is 2. The van der Waals surface area contributed by atoms with Gasteiger partial charge >= 0.3 is 0 Å². The number of fused-ring (bicyclic) bond motifs is 1. The van der Waals surface area contributed by atoms with E-state index in [1.807, 2.05) is 24.6 Å². The van der Waals surface area contributed by atoms with E-state index >= 15 is 0 Å². The van der Waals surface area contributed by atoms with Crippen molar-refractivity contribution in [2.24, 2.45) is 5.92 Å². The largest absolute Gasteiger partial charge is 0.273 e. The zero-order valence-electron chi connectivity index (χ0n) is 13.9. The van der Waals surface area contributed by atoms with Crippen LogP contribution in [0.4, 0.5) is 0 Å². The molecule has 0 radical (unpaired) electrons. The molecule has 2 aromatic rings. The highest BCUT2D eigenvalue weighted by Crippen LogP contribution is 2.40. The highest BCUT2D eigenvalue weighted by atomic mass is 16.2. The molecule has 0 aliphatic heterocycles. The molecule has 2 aromatic heterocycles. The molecule has 2 saturated carbocycles. The van der Waals surface area contributed by atoms with Crippen molar-refractivity contribution in [1.82, 2.24) is 25.6 Å². The lowest BCUT2D eigenvalue weighted by molar-refractivity contribution is -0.123. The van der Waals surface area contributed by atoms with E-state index in [0.717, 1.165) is 37.0 Å². The standard InChI is InChI=1S/C17H21N5O2/c1-9(2)22-15-13(8-18-22)12(7-14(19-15)10-3-4-10)17(24)21-20-16(23)11-5-6-11/h7-11H,3-6H2,1-2H3,(H,20,23)(H,21,24). The number of hydrazine groups is 1. The summed E-state index contributed by atoms with van der Waals surface area (Å²) in [6, 6.07) is 2.00. The Bertz CT molecular complexity index is 818. The van der Waals surface area contributed by atoms with Gasteiger partial charge in [0.15, 0.2) is 5.65 Å². The first-order valence-electron chi connectivity index (χ1n) is 8.53. The monoisotopic (exact) mass is 327 g/mol. The lowest BCUT2D eigenvalue weighted by atomic mass is 10.1. The third kappa shape index (κ3) is 2.74. The lowest BCUT2D eigenvalue weighted by Gasteiger charge is -2.11. The second-order valence-corrected chi connectivity index (χ2v) is 7.01. The topological polar surface area (TPSA) is 88.9 Å². The van der Waals surface area contributed by atoms with Crippen LogP contribution in [0.2, 0.25) is 0 Å². The molecule has 2 aliphatic rings. The predicted octanol–water partition coefficient (Wildman–Crippen LogP) is 2.06. The van der Waals surface area contributed by atoms with Crippen LogP contribution in [-0.2, 0) is 4.79 Å². The van der Waals surface area contributed by atoms with Gasteiger partial charge in [-0.3, -0.25) is 20.4 Å². The maximum atomic E-state index is 12.6. The van der Waals surface area contributed by atoms with Crippen LogP contribution < -0.4 is 10.9 Å². The molecule has 0 saturated heterocycles. The molecule has 0 bridgehead atoms. The Morgan fingerprint density at radius 3 is 2.58 bits per heavy atom. The van der Waals surface area contributed by atoms with Crippen LogP contribution in [-0.4, -0.2) is 26.6 Å². The van der Waals surface area contributed by atoms with Gasteiger partial charge in [-0.15, -0.1) is 0 Å². The summed E-state index contributed by atoms with van der Waals surface area (Å²) in [7, 11) is 0. The van der Waals surface area contributed by atoms with Gasteiger partial charge < -0.3 is 0 Å². The first kappa shape index (κ1) is 15.1. The Morgan fingerprint density at radius 2 is 1.96 bits per heavy atom. The van der Waals surface area contributed by atoms with Crippen molar-refractivity contribution in [2.45, 2.75) is 51.5 Å². The highest BCUT2D eigenvalue weighted by Gasteiger charge is 2.31. The number of aromatic nitrogens is 3. The third-order valence-electron chi connectivity index (χ3n) is 4.56. The highest BCUT2D eigenvalue weighted by molar-refractivity contribution is 6.06. The van der Waals surface area contributed by atoms with Crippen LogP contribution in [0.3, 0.4) is 0 Å². The summed E-state index contributed by atoms with van der Waals surface area (Å²) in [4.78, 5) is 29.0. The first-order chi connectivity index (χ1) is 11.5. The molecule has 2 fully saturated rings. The van der Waals surface area contributed by atoms with Gasteiger partial charge in [-0.2, -0.15) is 5.10 Å². The van der Waals surface area contributed by atoms with Gasteiger partial charge in [0.25, 0.3) is 5.91 Å². The number of nitrogens with zero attached hydrogens (tertiary/aromatic N) is 3. The summed E-state index contributed by atoms with van der Waals surface area (Å²) in [6.07, 6.45) is 5.68. The van der Waals surface area contributed by atoms with E-state index in [9.17, 15) is 9.59 Å². The average Bonchev–Trinajstić information content (AvgIpc) is 3.46. The van der Waals surface area contributed by atoms with Crippen molar-refractivity contribution >= 4 is 22.8 Å². The van der Waals surface area contributed by atoms with E-state index in [0.29, 0.717) is 16.9 Å². The molecule has 126 valence electrons. The fourth-order valence-corrected chi connectivity index (χ4v) is 2.82. The smallest absolute Gasteiger partial charge is 0.270 e. The molecule has 2 N–H and O–H groups in total. The SMILES string of the molecule is CC(C)n1ncc2c(C(=O)NNC(=O)C3CC3)cc(C3CC3)nc21. The van der Waals surface area contributed by atoms with E-state index in [1.165, 1.54) is 0 Å². The van der Waals surface area contributed by atoms with Crippen molar-refractivity contribution in [3.8, 4) is 0 Å². The number of hydrogen-bond donors (Lipinski definition) is 2. The van der Waals surface area contributed by atoms with Gasteiger partial charge in [-0.05, 0) is 45.6 Å². The van der Waals surface area contributed by atoms with Crippen molar-refractivity contribution in [2.75, 3.05) is 0 Å². The summed E-state index contributed by atoms with van der Waals surface area (Å²) in [5.74, 6) is 0.0431. The zero-order chi connectivity index (χ0) is 16.8. The van der Waals surface area contributed by atoms with E-state index in [4.69, 9.17) is 4.98 Å². The quantitative estimate of drug-likeness (QED) is 0.841. The molecule has 0 spiro atoms. The molecule has 2 heterocycles. The normalized spacial score (nSPS) is 17.3. The van der Waals surface area contributed by atoms with Crippen LogP contribution in [0, 0.1) is 5.92 Å². The maximum absolute atomic E-state index is 12.6. The first-order valence-corrected chi connectivity index (χ1v) is 8.53. The van der Waals surface area contributed by atoms with Gasteiger partial charge in [0.2, 0.25) is 5.91 Å². The van der Waals surface area contributed by atoms with E-state index in [-0.39, 0.29) is 23.8 Å². The molecule has 7 heteroatoms. The molecule has 2 amide bonds. The second kappa shape index (κ2) is 5.58.